The maximum absolute atomic E-state index is 13.3. The smallest absolute Gasteiger partial charge is 0.233 e. The second kappa shape index (κ2) is 14.1. The van der Waals surface area contributed by atoms with Crippen LogP contribution in [0.15, 0.2) is 53.3 Å². The van der Waals surface area contributed by atoms with E-state index in [9.17, 15) is 15.0 Å². The number of fused-ring (bicyclic) bond motifs is 3. The van der Waals surface area contributed by atoms with Crippen molar-refractivity contribution < 1.29 is 19.5 Å². The molecule has 3 N–H and O–H groups in total. The molecule has 14 nitrogen and oxygen atoms in total. The molecule has 4 aromatic heterocycles. The highest BCUT2D eigenvalue weighted by Gasteiger charge is 2.54. The van der Waals surface area contributed by atoms with Crippen molar-refractivity contribution in [1.29, 1.82) is 0 Å². The fourth-order valence-electron chi connectivity index (χ4n) is 10.5. The number of H-pyrrole nitrogens is 1. The van der Waals surface area contributed by atoms with Crippen LogP contribution in [0.1, 0.15) is 93.3 Å². The number of likely N-dealkylation sites (tertiary alicyclic amines) is 2. The van der Waals surface area contributed by atoms with Crippen molar-refractivity contribution in [3.05, 3.63) is 71.4 Å². The standard InChI is InChI=1S/C43H52N10O4/c1-25(2)38(41(56)51-14-10-30(54)22-51)36-17-37(49-57-36)52-23-43(24-52)18-29(19-43)50-12-8-27(9-13-50)28-20-44-42(45-21-28)53-15-11-33-39(26(53)3)32-16-34(47-48-40(32)46-33)31-6-4-5-7-35(31)55/h4-7,16-17,20-21,25-27,29-30,38,54-55H,8-15,18-19,22-24H2,1-3H3,(H,46,48)/t26-,30+,38?/m0/s1. The molecule has 1 aliphatic carbocycles. The van der Waals surface area contributed by atoms with Crippen molar-refractivity contribution >= 4 is 28.7 Å². The van der Waals surface area contributed by atoms with Gasteiger partial charge < -0.3 is 39.3 Å². The summed E-state index contributed by atoms with van der Waals surface area (Å²) in [7, 11) is 0. The predicted octanol–water partition coefficient (Wildman–Crippen LogP) is 5.41. The van der Waals surface area contributed by atoms with Gasteiger partial charge in [-0.1, -0.05) is 31.1 Å². The number of amides is 1. The van der Waals surface area contributed by atoms with Crippen LogP contribution in [-0.2, 0) is 11.2 Å². The fraction of sp³-hybridized carbons (Fsp3) is 0.535. The number of phenols is 1. The summed E-state index contributed by atoms with van der Waals surface area (Å²) in [5.41, 5.74) is 6.00. The van der Waals surface area contributed by atoms with Crippen LogP contribution < -0.4 is 9.80 Å². The Labute approximate surface area is 332 Å². The first-order chi connectivity index (χ1) is 27.6. The zero-order valence-electron chi connectivity index (χ0n) is 33.0. The largest absolute Gasteiger partial charge is 0.507 e. The molecule has 14 heteroatoms. The van der Waals surface area contributed by atoms with Crippen LogP contribution in [0.3, 0.4) is 0 Å². The number of phenolic OH excluding ortho intramolecular Hbond substituents is 1. The van der Waals surface area contributed by atoms with Crippen molar-refractivity contribution in [2.75, 3.05) is 55.6 Å². The number of para-hydroxylation sites is 1. The number of nitrogens with one attached hydrogen (secondary N) is 1. The van der Waals surface area contributed by atoms with Crippen molar-refractivity contribution in [3.8, 4) is 17.0 Å². The Morgan fingerprint density at radius 3 is 2.49 bits per heavy atom. The molecule has 8 heterocycles. The van der Waals surface area contributed by atoms with Gasteiger partial charge in [-0.25, -0.2) is 9.97 Å². The van der Waals surface area contributed by atoms with Crippen LogP contribution in [0.25, 0.3) is 22.3 Å². The molecule has 1 spiro atoms. The molecule has 4 fully saturated rings. The van der Waals surface area contributed by atoms with Gasteiger partial charge in [-0.15, -0.1) is 10.2 Å². The lowest BCUT2D eigenvalue weighted by atomic mass is 9.60. The first-order valence-electron chi connectivity index (χ1n) is 20.8. The normalized spacial score (nSPS) is 23.3. The lowest BCUT2D eigenvalue weighted by Gasteiger charge is -2.61. The Hall–Kier alpha value is -5.08. The van der Waals surface area contributed by atoms with E-state index in [1.165, 1.54) is 29.7 Å². The first kappa shape index (κ1) is 36.3. The molecule has 4 aliphatic heterocycles. The number of aromatic hydroxyl groups is 1. The number of rotatable bonds is 8. The summed E-state index contributed by atoms with van der Waals surface area (Å²) in [6, 6.07) is 11.9. The van der Waals surface area contributed by atoms with E-state index in [4.69, 9.17) is 14.5 Å². The third kappa shape index (κ3) is 6.41. The Morgan fingerprint density at radius 1 is 1.00 bits per heavy atom. The number of carbonyl (C=O) groups excluding carboxylic acids is 1. The van der Waals surface area contributed by atoms with Crippen LogP contribution in [0.2, 0.25) is 0 Å². The number of β-amino-alcohol motifs (C(OH)–C–C–N with tert-alkyl or cyclic N) is 1. The Morgan fingerprint density at radius 2 is 1.77 bits per heavy atom. The van der Waals surface area contributed by atoms with E-state index in [-0.39, 0.29) is 29.5 Å². The predicted molar refractivity (Wildman–Crippen MR) is 215 cm³/mol. The van der Waals surface area contributed by atoms with E-state index in [1.54, 1.807) is 17.0 Å². The highest BCUT2D eigenvalue weighted by molar-refractivity contribution is 5.86. The fourth-order valence-corrected chi connectivity index (χ4v) is 10.5. The Bertz CT molecular complexity index is 2270. The highest BCUT2D eigenvalue weighted by Crippen LogP contribution is 2.52. The molecule has 1 aromatic carbocycles. The number of aromatic nitrogens is 6. The molecule has 3 atom stereocenters. The average Bonchev–Trinajstić information content (AvgIpc) is 3.93. The number of carbonyl (C=O) groups is 1. The summed E-state index contributed by atoms with van der Waals surface area (Å²) in [6.45, 7) is 12.2. The molecular formula is C43H52N10O4. The van der Waals surface area contributed by atoms with E-state index in [1.807, 2.05) is 38.1 Å². The summed E-state index contributed by atoms with van der Waals surface area (Å²) >= 11 is 0. The topological polar surface area (TPSA) is 164 Å². The van der Waals surface area contributed by atoms with Crippen LogP contribution in [0, 0.1) is 11.3 Å². The van der Waals surface area contributed by atoms with E-state index in [0.717, 1.165) is 74.8 Å². The van der Waals surface area contributed by atoms with Crippen LogP contribution in [-0.4, -0.2) is 114 Å². The monoisotopic (exact) mass is 772 g/mol. The maximum Gasteiger partial charge on any atom is 0.233 e. The van der Waals surface area contributed by atoms with Crippen molar-refractivity contribution in [2.45, 2.75) is 89.3 Å². The summed E-state index contributed by atoms with van der Waals surface area (Å²) < 4.78 is 5.79. The molecule has 298 valence electrons. The van der Waals surface area contributed by atoms with Gasteiger partial charge in [0.2, 0.25) is 11.9 Å². The summed E-state index contributed by atoms with van der Waals surface area (Å²) in [5, 5.41) is 34.7. The van der Waals surface area contributed by atoms with E-state index in [2.05, 4.69) is 54.4 Å². The third-order valence-corrected chi connectivity index (χ3v) is 13.7. The third-order valence-electron chi connectivity index (χ3n) is 13.7. The van der Waals surface area contributed by atoms with Gasteiger partial charge in [0.25, 0.3) is 0 Å². The molecule has 57 heavy (non-hydrogen) atoms. The second-order valence-electron chi connectivity index (χ2n) is 17.7. The van der Waals surface area contributed by atoms with Crippen molar-refractivity contribution in [1.82, 2.24) is 40.1 Å². The van der Waals surface area contributed by atoms with E-state index < -0.39 is 6.10 Å². The minimum atomic E-state index is -0.437. The van der Waals surface area contributed by atoms with Gasteiger partial charge >= 0.3 is 0 Å². The van der Waals surface area contributed by atoms with E-state index in [0.29, 0.717) is 53.9 Å². The maximum atomic E-state index is 13.3. The van der Waals surface area contributed by atoms with Gasteiger partial charge in [0.15, 0.2) is 17.2 Å². The molecule has 1 amide bonds. The number of aromatic amines is 1. The van der Waals surface area contributed by atoms with Gasteiger partial charge in [0, 0.05) is 91.3 Å². The van der Waals surface area contributed by atoms with Gasteiger partial charge in [0.1, 0.15) is 11.7 Å². The zero-order valence-corrected chi connectivity index (χ0v) is 33.0. The van der Waals surface area contributed by atoms with Crippen LogP contribution in [0.5, 0.6) is 5.75 Å². The number of benzene rings is 1. The van der Waals surface area contributed by atoms with E-state index >= 15 is 0 Å². The molecule has 3 saturated heterocycles. The average molecular weight is 773 g/mol. The van der Waals surface area contributed by atoms with Crippen LogP contribution in [0.4, 0.5) is 11.8 Å². The molecule has 5 aliphatic rings. The molecular weight excluding hydrogens is 721 g/mol. The second-order valence-corrected chi connectivity index (χ2v) is 17.7. The lowest BCUT2D eigenvalue weighted by Crippen LogP contribution is -2.67. The lowest BCUT2D eigenvalue weighted by molar-refractivity contribution is -0.133. The molecule has 1 unspecified atom stereocenters. The minimum absolute atomic E-state index is 0.0233. The number of aliphatic hydroxyl groups is 1. The zero-order chi connectivity index (χ0) is 39.0. The number of anilines is 2. The summed E-state index contributed by atoms with van der Waals surface area (Å²) in [6.07, 6.45) is 9.80. The van der Waals surface area contributed by atoms with Gasteiger partial charge in [-0.3, -0.25) is 4.79 Å². The van der Waals surface area contributed by atoms with Crippen molar-refractivity contribution in [2.24, 2.45) is 11.3 Å². The number of nitrogens with zero attached hydrogens (tertiary/aromatic N) is 9. The van der Waals surface area contributed by atoms with Crippen molar-refractivity contribution in [3.63, 3.8) is 0 Å². The van der Waals surface area contributed by atoms with Gasteiger partial charge in [-0.2, -0.15) is 0 Å². The quantitative estimate of drug-likeness (QED) is 0.184. The Kier molecular flexibility index (Phi) is 8.96. The Balaban J connectivity index is 0.722. The minimum Gasteiger partial charge on any atom is -0.507 e. The first-order valence-corrected chi connectivity index (χ1v) is 20.8. The molecule has 0 radical (unpaired) electrons. The van der Waals surface area contributed by atoms with Gasteiger partial charge in [0.05, 0.1) is 17.8 Å². The van der Waals surface area contributed by atoms with Crippen LogP contribution >= 0.6 is 0 Å². The van der Waals surface area contributed by atoms with Gasteiger partial charge in [-0.05, 0) is 87.7 Å². The summed E-state index contributed by atoms with van der Waals surface area (Å²) in [5.74, 6) is 2.58. The molecule has 10 rings (SSSR count). The molecule has 5 aromatic rings. The molecule has 1 saturated carbocycles. The number of piperidine rings is 1. The number of aliphatic hydroxyl groups excluding tert-OH is 1. The number of hydrogen-bond acceptors (Lipinski definition) is 12. The summed E-state index contributed by atoms with van der Waals surface area (Å²) in [4.78, 5) is 35.7. The highest BCUT2D eigenvalue weighted by atomic mass is 16.5. The number of hydrogen-bond donors (Lipinski definition) is 3. The SMILES string of the molecule is CC(C)C(C(=O)N1CC[C@@H](O)C1)c1cc(N2CC3(CC(N4CCC(c5cnc(N6CCc7[nH]c8nnc(-c9ccccc9O)cc8c7[C@@H]6C)nc5)CC4)C3)C2)no1. The molecule has 0 bridgehead atoms.